The summed E-state index contributed by atoms with van der Waals surface area (Å²) in [5.41, 5.74) is 11.1. The second-order valence-electron chi connectivity index (χ2n) is 5.98. The van der Waals surface area contributed by atoms with Crippen LogP contribution in [-0.4, -0.2) is 19.0 Å². The largest absolute Gasteiger partial charge is 0.397 e. The van der Waals surface area contributed by atoms with Crippen LogP contribution in [0.1, 0.15) is 31.4 Å². The number of nitrogen functional groups attached to an aromatic ring is 1. The third-order valence-corrected chi connectivity index (χ3v) is 4.17. The van der Waals surface area contributed by atoms with Crippen LogP contribution in [0.2, 0.25) is 0 Å². The Kier molecular flexibility index (Phi) is 6.24. The molecule has 2 rings (SSSR count). The minimum atomic E-state index is 0.0187. The summed E-state index contributed by atoms with van der Waals surface area (Å²) in [5, 5.41) is 2.92. The molecule has 24 heavy (non-hydrogen) atoms. The summed E-state index contributed by atoms with van der Waals surface area (Å²) in [6, 6.07) is 13.9. The minimum absolute atomic E-state index is 0.0187. The molecule has 0 saturated carbocycles. The Morgan fingerprint density at radius 1 is 1.08 bits per heavy atom. The summed E-state index contributed by atoms with van der Waals surface area (Å²) in [6.45, 7) is 8.12. The molecule has 0 heterocycles. The first-order chi connectivity index (χ1) is 11.5. The molecule has 128 valence electrons. The monoisotopic (exact) mass is 325 g/mol. The molecule has 0 spiro atoms. The van der Waals surface area contributed by atoms with Crippen LogP contribution in [0.15, 0.2) is 42.5 Å². The molecular formula is C20H27N3O. The lowest BCUT2D eigenvalue weighted by molar-refractivity contribution is -0.116. The molecule has 0 aliphatic rings. The van der Waals surface area contributed by atoms with Crippen molar-refractivity contribution in [3.8, 4) is 0 Å². The van der Waals surface area contributed by atoms with Gasteiger partial charge in [0.25, 0.3) is 0 Å². The van der Waals surface area contributed by atoms with Crippen molar-refractivity contribution in [1.29, 1.82) is 0 Å². The maximum absolute atomic E-state index is 12.1. The second-order valence-corrected chi connectivity index (χ2v) is 5.98. The van der Waals surface area contributed by atoms with E-state index in [0.717, 1.165) is 35.7 Å². The molecule has 3 N–H and O–H groups in total. The van der Waals surface area contributed by atoms with E-state index in [2.05, 4.69) is 36.2 Å². The molecule has 0 fully saturated rings. The Bertz CT molecular complexity index is 676. The number of nitrogens with two attached hydrogens (primary N) is 1. The number of benzene rings is 2. The van der Waals surface area contributed by atoms with Crippen molar-refractivity contribution in [1.82, 2.24) is 0 Å². The van der Waals surface area contributed by atoms with Crippen molar-refractivity contribution in [3.05, 3.63) is 53.6 Å². The van der Waals surface area contributed by atoms with Gasteiger partial charge in [0.2, 0.25) is 5.91 Å². The summed E-state index contributed by atoms with van der Waals surface area (Å²) in [7, 11) is 0. The van der Waals surface area contributed by atoms with Gasteiger partial charge in [0.1, 0.15) is 0 Å². The predicted octanol–water partition coefficient (Wildman–Crippen LogP) is 3.99. The maximum Gasteiger partial charge on any atom is 0.224 e. The van der Waals surface area contributed by atoms with Crippen molar-refractivity contribution in [2.24, 2.45) is 0 Å². The quantitative estimate of drug-likeness (QED) is 0.757. The average molecular weight is 325 g/mol. The fourth-order valence-corrected chi connectivity index (χ4v) is 2.73. The smallest absolute Gasteiger partial charge is 0.224 e. The van der Waals surface area contributed by atoms with Gasteiger partial charge in [0, 0.05) is 25.2 Å². The number of hydrogen-bond donors (Lipinski definition) is 2. The van der Waals surface area contributed by atoms with Gasteiger partial charge in [-0.3, -0.25) is 4.79 Å². The van der Waals surface area contributed by atoms with Crippen molar-refractivity contribution < 1.29 is 4.79 Å². The highest BCUT2D eigenvalue weighted by Crippen LogP contribution is 2.24. The van der Waals surface area contributed by atoms with Crippen molar-refractivity contribution >= 4 is 23.0 Å². The van der Waals surface area contributed by atoms with E-state index in [1.54, 1.807) is 0 Å². The van der Waals surface area contributed by atoms with Gasteiger partial charge in [-0.1, -0.05) is 23.8 Å². The van der Waals surface area contributed by atoms with Crippen LogP contribution < -0.4 is 16.0 Å². The normalized spacial score (nSPS) is 10.5. The summed E-state index contributed by atoms with van der Waals surface area (Å²) in [5.74, 6) is 0.0187. The number of anilines is 3. The van der Waals surface area contributed by atoms with Crippen LogP contribution in [0.3, 0.4) is 0 Å². The first kappa shape index (κ1) is 17.9. The highest BCUT2D eigenvalue weighted by Gasteiger charge is 2.08. The number of hydrogen-bond acceptors (Lipinski definition) is 3. The van der Waals surface area contributed by atoms with E-state index in [0.29, 0.717) is 12.8 Å². The molecule has 0 aromatic heterocycles. The third kappa shape index (κ3) is 4.75. The molecule has 0 aliphatic carbocycles. The first-order valence-electron chi connectivity index (χ1n) is 8.53. The fraction of sp³-hybridized carbons (Fsp3) is 0.350. The van der Waals surface area contributed by atoms with Crippen molar-refractivity contribution in [3.63, 3.8) is 0 Å². The molecule has 0 bridgehead atoms. The van der Waals surface area contributed by atoms with Gasteiger partial charge in [-0.2, -0.15) is 0 Å². The number of aryl methyl sites for hydroxylation is 2. The minimum Gasteiger partial charge on any atom is -0.397 e. The van der Waals surface area contributed by atoms with Gasteiger partial charge in [-0.15, -0.1) is 0 Å². The van der Waals surface area contributed by atoms with Crippen LogP contribution in [0.5, 0.6) is 0 Å². The van der Waals surface area contributed by atoms with E-state index < -0.39 is 0 Å². The lowest BCUT2D eigenvalue weighted by Gasteiger charge is -2.23. The summed E-state index contributed by atoms with van der Waals surface area (Å²) < 4.78 is 0. The van der Waals surface area contributed by atoms with Crippen LogP contribution in [-0.2, 0) is 11.2 Å². The number of rotatable bonds is 7. The average Bonchev–Trinajstić information content (AvgIpc) is 2.58. The van der Waals surface area contributed by atoms with E-state index in [1.165, 1.54) is 5.56 Å². The van der Waals surface area contributed by atoms with Crippen molar-refractivity contribution in [2.75, 3.05) is 29.0 Å². The van der Waals surface area contributed by atoms with Crippen LogP contribution in [0.4, 0.5) is 17.1 Å². The molecule has 0 radical (unpaired) electrons. The highest BCUT2D eigenvalue weighted by molar-refractivity contribution is 5.90. The topological polar surface area (TPSA) is 58.4 Å². The Labute approximate surface area is 144 Å². The number of nitrogens with zero attached hydrogens (tertiary/aromatic N) is 1. The van der Waals surface area contributed by atoms with Crippen LogP contribution in [0, 0.1) is 6.92 Å². The van der Waals surface area contributed by atoms with Gasteiger partial charge >= 0.3 is 0 Å². The number of nitrogens with one attached hydrogen (secondary N) is 1. The molecule has 2 aromatic carbocycles. The summed E-state index contributed by atoms with van der Waals surface area (Å²) >= 11 is 0. The lowest BCUT2D eigenvalue weighted by Crippen LogP contribution is -2.23. The zero-order valence-electron chi connectivity index (χ0n) is 14.8. The van der Waals surface area contributed by atoms with Gasteiger partial charge in [-0.25, -0.2) is 0 Å². The molecule has 4 nitrogen and oxygen atoms in total. The van der Waals surface area contributed by atoms with E-state index in [1.807, 2.05) is 37.3 Å². The zero-order chi connectivity index (χ0) is 17.5. The van der Waals surface area contributed by atoms with E-state index >= 15 is 0 Å². The second kappa shape index (κ2) is 8.39. The SMILES string of the molecule is CCN(CC)c1ccc(CCC(=O)Nc2ccc(C)cc2)cc1N. The molecule has 0 unspecified atom stereocenters. The molecule has 1 amide bonds. The van der Waals surface area contributed by atoms with Crippen molar-refractivity contribution in [2.45, 2.75) is 33.6 Å². The van der Waals surface area contributed by atoms with E-state index in [4.69, 9.17) is 5.73 Å². The molecule has 0 saturated heterocycles. The number of carbonyl (C=O) groups excluding carboxylic acids is 1. The predicted molar refractivity (Wildman–Crippen MR) is 103 cm³/mol. The molecule has 0 atom stereocenters. The van der Waals surface area contributed by atoms with Gasteiger partial charge in [0.15, 0.2) is 0 Å². The molecular weight excluding hydrogens is 298 g/mol. The molecule has 4 heteroatoms. The Balaban J connectivity index is 1.93. The highest BCUT2D eigenvalue weighted by atomic mass is 16.1. The van der Waals surface area contributed by atoms with Gasteiger partial charge < -0.3 is 16.0 Å². The fourth-order valence-electron chi connectivity index (χ4n) is 2.73. The van der Waals surface area contributed by atoms with E-state index in [-0.39, 0.29) is 5.91 Å². The Morgan fingerprint density at radius 2 is 1.75 bits per heavy atom. The van der Waals surface area contributed by atoms with Crippen LogP contribution >= 0.6 is 0 Å². The lowest BCUT2D eigenvalue weighted by atomic mass is 10.1. The van der Waals surface area contributed by atoms with Crippen LogP contribution in [0.25, 0.3) is 0 Å². The van der Waals surface area contributed by atoms with E-state index in [9.17, 15) is 4.79 Å². The summed E-state index contributed by atoms with van der Waals surface area (Å²) in [6.07, 6.45) is 1.12. The number of carbonyl (C=O) groups is 1. The zero-order valence-corrected chi connectivity index (χ0v) is 14.8. The van der Waals surface area contributed by atoms with Gasteiger partial charge in [-0.05, 0) is 57.0 Å². The summed E-state index contributed by atoms with van der Waals surface area (Å²) in [4.78, 5) is 14.3. The Morgan fingerprint density at radius 3 is 2.33 bits per heavy atom. The number of amides is 1. The standard InChI is InChI=1S/C20H27N3O/c1-4-23(5-2)19-12-8-16(14-18(19)21)9-13-20(24)22-17-10-6-15(3)7-11-17/h6-8,10-12,14H,4-5,9,13,21H2,1-3H3,(H,22,24). The maximum atomic E-state index is 12.1. The first-order valence-corrected chi connectivity index (χ1v) is 8.53. The Hall–Kier alpha value is -2.49. The molecule has 0 aliphatic heterocycles. The molecule has 2 aromatic rings. The van der Waals surface area contributed by atoms with Gasteiger partial charge in [0.05, 0.1) is 11.4 Å². The third-order valence-electron chi connectivity index (χ3n) is 4.17.